The monoisotopic (exact) mass is 258 g/mol. The number of rotatable bonds is 5. The lowest BCUT2D eigenvalue weighted by Crippen LogP contribution is -2.43. The van der Waals surface area contributed by atoms with Gasteiger partial charge in [0.15, 0.2) is 0 Å². The molecule has 0 amide bonds. The van der Waals surface area contributed by atoms with Gasteiger partial charge in [-0.2, -0.15) is 16.7 Å². The molecule has 1 aromatic heterocycles. The minimum absolute atomic E-state index is 0.310. The van der Waals surface area contributed by atoms with Crippen LogP contribution in [0.15, 0.2) is 9.59 Å². The van der Waals surface area contributed by atoms with Crippen molar-refractivity contribution >= 4 is 17.7 Å². The van der Waals surface area contributed by atoms with Gasteiger partial charge in [0.2, 0.25) is 5.95 Å². The first kappa shape index (κ1) is 13.8. The highest BCUT2D eigenvalue weighted by molar-refractivity contribution is 7.98. The molecule has 7 heteroatoms. The second-order valence-electron chi connectivity index (χ2n) is 3.93. The van der Waals surface area contributed by atoms with Crippen molar-refractivity contribution in [3.05, 3.63) is 21.0 Å². The fourth-order valence-corrected chi connectivity index (χ4v) is 1.95. The largest absolute Gasteiger partial charge is 0.354 e. The van der Waals surface area contributed by atoms with Gasteiger partial charge in [-0.15, -0.1) is 0 Å². The third-order valence-corrected chi connectivity index (χ3v) is 3.07. The van der Waals surface area contributed by atoms with E-state index < -0.39 is 5.69 Å². The molecule has 17 heavy (non-hydrogen) atoms. The Bertz CT molecular complexity index is 492. The van der Waals surface area contributed by atoms with Crippen LogP contribution in [0.3, 0.4) is 0 Å². The van der Waals surface area contributed by atoms with Gasteiger partial charge in [-0.1, -0.05) is 0 Å². The first-order valence-electron chi connectivity index (χ1n) is 5.33. The number of nitrogens with zero attached hydrogens (tertiary/aromatic N) is 4. The molecule has 0 aromatic carbocycles. The van der Waals surface area contributed by atoms with Gasteiger partial charge >= 0.3 is 11.4 Å². The van der Waals surface area contributed by atoms with Crippen LogP contribution in [0.2, 0.25) is 0 Å². The quantitative estimate of drug-likeness (QED) is 0.682. The smallest absolute Gasteiger partial charge is 0.348 e. The van der Waals surface area contributed by atoms with E-state index in [2.05, 4.69) is 4.98 Å². The fraction of sp³-hybridized carbons (Fsp3) is 0.700. The first-order valence-corrected chi connectivity index (χ1v) is 6.72. The number of thioether (sulfide) groups is 1. The minimum atomic E-state index is -0.474. The zero-order valence-electron chi connectivity index (χ0n) is 10.6. The van der Waals surface area contributed by atoms with Gasteiger partial charge in [0.25, 0.3) is 0 Å². The Kier molecular flexibility index (Phi) is 4.80. The second-order valence-corrected chi connectivity index (χ2v) is 4.91. The molecule has 0 unspecified atom stereocenters. The van der Waals surface area contributed by atoms with E-state index in [1.807, 2.05) is 6.26 Å². The van der Waals surface area contributed by atoms with Crippen LogP contribution >= 0.6 is 11.8 Å². The van der Waals surface area contributed by atoms with Crippen molar-refractivity contribution in [3.63, 3.8) is 0 Å². The Labute approximate surface area is 104 Å². The summed E-state index contributed by atoms with van der Waals surface area (Å²) < 4.78 is 2.57. The van der Waals surface area contributed by atoms with E-state index in [-0.39, 0.29) is 5.69 Å². The number of anilines is 1. The Morgan fingerprint density at radius 2 is 2.00 bits per heavy atom. The molecule has 1 aromatic rings. The Balaban J connectivity index is 3.13. The summed E-state index contributed by atoms with van der Waals surface area (Å²) in [4.78, 5) is 29.2. The van der Waals surface area contributed by atoms with Crippen molar-refractivity contribution in [1.29, 1.82) is 0 Å². The van der Waals surface area contributed by atoms with Crippen molar-refractivity contribution < 1.29 is 0 Å². The molecule has 0 spiro atoms. The standard InChI is InChI=1S/C10H18N4O2S/c1-12(2)8-11-9(15)14(6-5-7-17-4)10(16)13(8)3/h5-7H2,1-4H3. The molecule has 0 atom stereocenters. The molecule has 96 valence electrons. The van der Waals surface area contributed by atoms with Crippen molar-refractivity contribution in [2.45, 2.75) is 13.0 Å². The minimum Gasteiger partial charge on any atom is -0.348 e. The van der Waals surface area contributed by atoms with E-state index in [0.29, 0.717) is 12.5 Å². The zero-order valence-corrected chi connectivity index (χ0v) is 11.5. The molecule has 0 fully saturated rings. The van der Waals surface area contributed by atoms with Gasteiger partial charge in [0, 0.05) is 27.7 Å². The highest BCUT2D eigenvalue weighted by atomic mass is 32.2. The second kappa shape index (κ2) is 5.90. The molecule has 6 nitrogen and oxygen atoms in total. The van der Waals surface area contributed by atoms with Gasteiger partial charge in [0.1, 0.15) is 0 Å². The number of hydrogen-bond acceptors (Lipinski definition) is 5. The SMILES string of the molecule is CSCCCn1c(=O)nc(N(C)C)n(C)c1=O. The van der Waals surface area contributed by atoms with Gasteiger partial charge in [0.05, 0.1) is 0 Å². The van der Waals surface area contributed by atoms with E-state index in [1.54, 1.807) is 37.8 Å². The van der Waals surface area contributed by atoms with Crippen LogP contribution in [-0.4, -0.2) is 40.2 Å². The van der Waals surface area contributed by atoms with E-state index >= 15 is 0 Å². The van der Waals surface area contributed by atoms with E-state index in [1.165, 1.54) is 9.13 Å². The van der Waals surface area contributed by atoms with Gasteiger partial charge in [-0.3, -0.25) is 4.57 Å². The summed E-state index contributed by atoms with van der Waals surface area (Å²) in [6.07, 6.45) is 2.79. The molecule has 0 radical (unpaired) electrons. The number of aromatic nitrogens is 3. The van der Waals surface area contributed by atoms with E-state index in [9.17, 15) is 9.59 Å². The molecule has 0 N–H and O–H groups in total. The van der Waals surface area contributed by atoms with Crippen LogP contribution in [0.4, 0.5) is 5.95 Å². The predicted octanol–water partition coefficient (Wildman–Crippen LogP) is -0.239. The summed E-state index contributed by atoms with van der Waals surface area (Å²) in [6, 6.07) is 0. The maximum Gasteiger partial charge on any atom is 0.354 e. The molecule has 0 saturated carbocycles. The van der Waals surface area contributed by atoms with Crippen molar-refractivity contribution in [3.8, 4) is 0 Å². The van der Waals surface area contributed by atoms with Crippen LogP contribution in [0.1, 0.15) is 6.42 Å². The Hall–Kier alpha value is -1.24. The topological polar surface area (TPSA) is 60.1 Å². The average molecular weight is 258 g/mol. The Morgan fingerprint density at radius 1 is 1.35 bits per heavy atom. The van der Waals surface area contributed by atoms with Gasteiger partial charge in [-0.25, -0.2) is 14.2 Å². The highest BCUT2D eigenvalue weighted by Gasteiger charge is 2.10. The molecular weight excluding hydrogens is 240 g/mol. The van der Waals surface area contributed by atoms with Crippen molar-refractivity contribution in [2.24, 2.45) is 7.05 Å². The summed E-state index contributed by atoms with van der Waals surface area (Å²) >= 11 is 1.69. The zero-order chi connectivity index (χ0) is 13.0. The van der Waals surface area contributed by atoms with Crippen LogP contribution in [-0.2, 0) is 13.6 Å². The summed E-state index contributed by atoms with van der Waals surface area (Å²) in [5.74, 6) is 1.30. The average Bonchev–Trinajstić information content (AvgIpc) is 2.28. The maximum atomic E-state index is 12.0. The van der Waals surface area contributed by atoms with Crippen LogP contribution in [0, 0.1) is 0 Å². The van der Waals surface area contributed by atoms with Crippen molar-refractivity contribution in [1.82, 2.24) is 14.1 Å². The van der Waals surface area contributed by atoms with Crippen LogP contribution in [0.5, 0.6) is 0 Å². The Morgan fingerprint density at radius 3 is 2.53 bits per heavy atom. The molecule has 0 aliphatic carbocycles. The van der Waals surface area contributed by atoms with Crippen LogP contribution in [0.25, 0.3) is 0 Å². The molecule has 1 rings (SSSR count). The van der Waals surface area contributed by atoms with E-state index in [4.69, 9.17) is 0 Å². The molecule has 0 bridgehead atoms. The third kappa shape index (κ3) is 3.12. The molecule has 0 aliphatic heterocycles. The van der Waals surface area contributed by atoms with Gasteiger partial charge in [-0.05, 0) is 18.4 Å². The fourth-order valence-electron chi connectivity index (χ4n) is 1.53. The molecule has 0 saturated heterocycles. The molecular formula is C10H18N4O2S. The maximum absolute atomic E-state index is 12.0. The van der Waals surface area contributed by atoms with Gasteiger partial charge < -0.3 is 4.90 Å². The number of hydrogen-bond donors (Lipinski definition) is 0. The summed E-state index contributed by atoms with van der Waals surface area (Å²) in [5.41, 5.74) is -0.785. The summed E-state index contributed by atoms with van der Waals surface area (Å²) in [7, 11) is 5.12. The third-order valence-electron chi connectivity index (χ3n) is 2.37. The lowest BCUT2D eigenvalue weighted by Gasteiger charge is -2.15. The first-order chi connectivity index (χ1) is 7.99. The summed E-state index contributed by atoms with van der Waals surface area (Å²) in [5, 5.41) is 0. The summed E-state index contributed by atoms with van der Waals surface area (Å²) in [6.45, 7) is 0.424. The normalized spacial score (nSPS) is 10.6. The predicted molar refractivity (Wildman–Crippen MR) is 71.1 cm³/mol. The highest BCUT2D eigenvalue weighted by Crippen LogP contribution is 1.99. The lowest BCUT2D eigenvalue weighted by molar-refractivity contribution is 0.557. The molecule has 1 heterocycles. The van der Waals surface area contributed by atoms with Crippen molar-refractivity contribution in [2.75, 3.05) is 31.0 Å². The van der Waals surface area contributed by atoms with E-state index in [0.717, 1.165) is 12.2 Å². The van der Waals surface area contributed by atoms with Crippen LogP contribution < -0.4 is 16.3 Å². The lowest BCUT2D eigenvalue weighted by atomic mass is 10.5. The molecule has 0 aliphatic rings.